The molecule has 3 rings (SSSR count). The highest BCUT2D eigenvalue weighted by molar-refractivity contribution is 8.26. The van der Waals surface area contributed by atoms with Gasteiger partial charge in [-0.15, -0.1) is 0 Å². The fraction of sp³-hybridized carbons (Fsp3) is 0.0556. The molecule has 1 heterocycles. The molecule has 1 saturated heterocycles. The summed E-state index contributed by atoms with van der Waals surface area (Å²) in [5.41, 5.74) is 0.955. The van der Waals surface area contributed by atoms with Crippen molar-refractivity contribution in [3.05, 3.63) is 74.6 Å². The van der Waals surface area contributed by atoms with Gasteiger partial charge in [-0.25, -0.2) is 4.79 Å². The maximum Gasteiger partial charge on any atom is 0.331 e. The van der Waals surface area contributed by atoms with Gasteiger partial charge in [-0.2, -0.15) is 0 Å². The van der Waals surface area contributed by atoms with Crippen LogP contribution in [0.5, 0.6) is 0 Å². The zero-order valence-electron chi connectivity index (χ0n) is 13.1. The minimum atomic E-state index is -1.20. The second-order valence-electron chi connectivity index (χ2n) is 5.34. The van der Waals surface area contributed by atoms with Gasteiger partial charge in [0.1, 0.15) is 4.32 Å². The van der Waals surface area contributed by atoms with Gasteiger partial charge in [0.15, 0.2) is 6.04 Å². The first-order valence-electron chi connectivity index (χ1n) is 7.39. The predicted molar refractivity (Wildman–Crippen MR) is 108 cm³/mol. The van der Waals surface area contributed by atoms with E-state index in [1.165, 1.54) is 6.08 Å². The SMILES string of the molecule is O=C(O)[C@H](c1ccccc1)N1C(=O)/C(=C/c2c(Cl)cccc2Cl)SC1=S. The minimum absolute atomic E-state index is 0.167. The highest BCUT2D eigenvalue weighted by Gasteiger charge is 2.41. The lowest BCUT2D eigenvalue weighted by molar-refractivity contribution is -0.145. The maximum atomic E-state index is 12.9. The molecule has 0 aliphatic carbocycles. The summed E-state index contributed by atoms with van der Waals surface area (Å²) in [5.74, 6) is -1.66. The molecule has 1 aliphatic rings. The Labute approximate surface area is 169 Å². The van der Waals surface area contributed by atoms with Crippen molar-refractivity contribution in [2.24, 2.45) is 0 Å². The molecule has 1 aliphatic heterocycles. The second kappa shape index (κ2) is 7.80. The third-order valence-electron chi connectivity index (χ3n) is 3.71. The molecule has 132 valence electrons. The molecule has 1 amide bonds. The van der Waals surface area contributed by atoms with E-state index in [-0.39, 0.29) is 9.23 Å². The van der Waals surface area contributed by atoms with Crippen molar-refractivity contribution in [2.45, 2.75) is 6.04 Å². The lowest BCUT2D eigenvalue weighted by atomic mass is 10.1. The predicted octanol–water partition coefficient (Wildman–Crippen LogP) is 5.02. The third kappa shape index (κ3) is 3.64. The summed E-state index contributed by atoms with van der Waals surface area (Å²) < 4.78 is 0.167. The number of carbonyl (C=O) groups is 2. The van der Waals surface area contributed by atoms with Crippen LogP contribution in [0.1, 0.15) is 17.2 Å². The van der Waals surface area contributed by atoms with Gasteiger partial charge in [0.25, 0.3) is 5.91 Å². The van der Waals surface area contributed by atoms with E-state index in [4.69, 9.17) is 35.4 Å². The van der Waals surface area contributed by atoms with Crippen LogP contribution in [0.4, 0.5) is 0 Å². The van der Waals surface area contributed by atoms with Crippen LogP contribution in [-0.4, -0.2) is 26.2 Å². The van der Waals surface area contributed by atoms with Gasteiger partial charge in [0.2, 0.25) is 0 Å². The summed E-state index contributed by atoms with van der Waals surface area (Å²) in [6.07, 6.45) is 1.54. The van der Waals surface area contributed by atoms with Gasteiger partial charge in [-0.05, 0) is 23.8 Å². The Balaban J connectivity index is 2.01. The van der Waals surface area contributed by atoms with E-state index in [0.717, 1.165) is 16.7 Å². The first kappa shape index (κ1) is 18.9. The number of hydrogen-bond acceptors (Lipinski definition) is 4. The van der Waals surface area contributed by atoms with Crippen molar-refractivity contribution < 1.29 is 14.7 Å². The lowest BCUT2D eigenvalue weighted by Crippen LogP contribution is -2.37. The van der Waals surface area contributed by atoms with Crippen molar-refractivity contribution in [1.82, 2.24) is 4.90 Å². The zero-order chi connectivity index (χ0) is 18.8. The number of aliphatic carboxylic acids is 1. The van der Waals surface area contributed by atoms with Gasteiger partial charge in [0.05, 0.1) is 4.91 Å². The standard InChI is InChI=1S/C18H11Cl2NO3S2/c19-12-7-4-8-13(20)11(12)9-14-16(22)21(18(25)26-14)15(17(23)24)10-5-2-1-3-6-10/h1-9,15H,(H,23,24)/b14-9-/t15-/m0/s1. The van der Waals surface area contributed by atoms with Crippen LogP contribution >= 0.6 is 47.2 Å². The van der Waals surface area contributed by atoms with Crippen molar-refractivity contribution in [1.29, 1.82) is 0 Å². The molecule has 1 atom stereocenters. The van der Waals surface area contributed by atoms with Crippen LogP contribution in [-0.2, 0) is 9.59 Å². The van der Waals surface area contributed by atoms with Gasteiger partial charge < -0.3 is 5.11 Å². The summed E-state index contributed by atoms with van der Waals surface area (Å²) in [6, 6.07) is 12.3. The molecule has 0 aromatic heterocycles. The number of nitrogens with zero attached hydrogens (tertiary/aromatic N) is 1. The smallest absolute Gasteiger partial charge is 0.331 e. The van der Waals surface area contributed by atoms with Gasteiger partial charge in [0, 0.05) is 15.6 Å². The number of thiocarbonyl (C=S) groups is 1. The quantitative estimate of drug-likeness (QED) is 0.552. The summed E-state index contributed by atoms with van der Waals surface area (Å²) in [5, 5.41) is 10.4. The molecule has 2 aromatic rings. The number of carbonyl (C=O) groups excluding carboxylic acids is 1. The molecule has 1 N–H and O–H groups in total. The largest absolute Gasteiger partial charge is 0.479 e. The number of benzene rings is 2. The first-order chi connectivity index (χ1) is 12.4. The average Bonchev–Trinajstić information content (AvgIpc) is 2.87. The topological polar surface area (TPSA) is 57.6 Å². The number of carboxylic acids is 1. The van der Waals surface area contributed by atoms with Crippen LogP contribution in [0, 0.1) is 0 Å². The number of amides is 1. The monoisotopic (exact) mass is 423 g/mol. The molecule has 0 radical (unpaired) electrons. The van der Waals surface area contributed by atoms with E-state index < -0.39 is 17.9 Å². The van der Waals surface area contributed by atoms with E-state index in [9.17, 15) is 14.7 Å². The normalized spacial score (nSPS) is 17.0. The zero-order valence-corrected chi connectivity index (χ0v) is 16.2. The Morgan fingerprint density at radius 3 is 2.31 bits per heavy atom. The molecule has 4 nitrogen and oxygen atoms in total. The number of hydrogen-bond donors (Lipinski definition) is 1. The van der Waals surface area contributed by atoms with Crippen LogP contribution in [0.25, 0.3) is 6.08 Å². The van der Waals surface area contributed by atoms with Crippen LogP contribution in [0.2, 0.25) is 10.0 Å². The van der Waals surface area contributed by atoms with E-state index in [0.29, 0.717) is 21.2 Å². The number of rotatable bonds is 4. The van der Waals surface area contributed by atoms with Crippen molar-refractivity contribution >= 4 is 69.5 Å². The molecule has 0 spiro atoms. The number of halogens is 2. The summed E-state index contributed by atoms with van der Waals surface area (Å²) in [6.45, 7) is 0. The molecule has 0 unspecified atom stereocenters. The fourth-order valence-electron chi connectivity index (χ4n) is 2.52. The maximum absolute atomic E-state index is 12.9. The van der Waals surface area contributed by atoms with Crippen molar-refractivity contribution in [3.8, 4) is 0 Å². The Morgan fingerprint density at radius 1 is 1.12 bits per heavy atom. The van der Waals surface area contributed by atoms with E-state index in [1.54, 1.807) is 48.5 Å². The van der Waals surface area contributed by atoms with E-state index in [1.807, 2.05) is 0 Å². The molecular formula is C18H11Cl2NO3S2. The lowest BCUT2D eigenvalue weighted by Gasteiger charge is -2.23. The van der Waals surface area contributed by atoms with Gasteiger partial charge >= 0.3 is 5.97 Å². The second-order valence-corrected chi connectivity index (χ2v) is 7.83. The van der Waals surface area contributed by atoms with Crippen LogP contribution in [0.15, 0.2) is 53.4 Å². The molecule has 26 heavy (non-hydrogen) atoms. The highest BCUT2D eigenvalue weighted by Crippen LogP contribution is 2.39. The molecule has 0 saturated carbocycles. The Morgan fingerprint density at radius 2 is 1.73 bits per heavy atom. The first-order valence-corrected chi connectivity index (χ1v) is 9.37. The molecule has 1 fully saturated rings. The summed E-state index contributed by atoms with van der Waals surface area (Å²) >= 11 is 18.6. The van der Waals surface area contributed by atoms with Crippen LogP contribution < -0.4 is 0 Å². The van der Waals surface area contributed by atoms with E-state index in [2.05, 4.69) is 0 Å². The average molecular weight is 424 g/mol. The van der Waals surface area contributed by atoms with Gasteiger partial charge in [-0.1, -0.05) is 83.6 Å². The third-order valence-corrected chi connectivity index (χ3v) is 5.70. The Hall–Kier alpha value is -1.86. The van der Waals surface area contributed by atoms with Crippen molar-refractivity contribution in [3.63, 3.8) is 0 Å². The molecule has 2 aromatic carbocycles. The summed E-state index contributed by atoms with van der Waals surface area (Å²) in [7, 11) is 0. The highest BCUT2D eigenvalue weighted by atomic mass is 35.5. The number of thioether (sulfide) groups is 1. The fourth-order valence-corrected chi connectivity index (χ4v) is 4.32. The Bertz CT molecular complexity index is 911. The minimum Gasteiger partial charge on any atom is -0.479 e. The van der Waals surface area contributed by atoms with Crippen molar-refractivity contribution in [2.75, 3.05) is 0 Å². The Kier molecular flexibility index (Phi) is 5.67. The molecule has 0 bridgehead atoms. The van der Waals surface area contributed by atoms with Gasteiger partial charge in [-0.3, -0.25) is 9.69 Å². The molecular weight excluding hydrogens is 413 g/mol. The van der Waals surface area contributed by atoms with E-state index >= 15 is 0 Å². The summed E-state index contributed by atoms with van der Waals surface area (Å²) in [4.78, 5) is 26.1. The number of carboxylic acid groups (broad SMARTS) is 1. The van der Waals surface area contributed by atoms with Crippen LogP contribution in [0.3, 0.4) is 0 Å². The molecule has 8 heteroatoms.